The van der Waals surface area contributed by atoms with E-state index in [1.807, 2.05) is 0 Å². The fraction of sp³-hybridized carbons (Fsp3) is 0.160. The maximum Gasteiger partial charge on any atom is 0.326 e. The number of nitrogen functional groups attached to an aromatic ring is 1. The lowest BCUT2D eigenvalue weighted by atomic mass is 10.0. The Kier molecular flexibility index (Phi) is 7.54. The molecule has 0 fully saturated rings. The van der Waals surface area contributed by atoms with Crippen molar-refractivity contribution in [2.45, 2.75) is 25.4 Å². The maximum atomic E-state index is 13.2. The summed E-state index contributed by atoms with van der Waals surface area (Å²) in [6, 6.07) is 3.14. The van der Waals surface area contributed by atoms with Crippen molar-refractivity contribution in [2.24, 2.45) is 0 Å². The number of carbonyl (C=O) groups is 3. The van der Waals surface area contributed by atoms with Gasteiger partial charge in [0.15, 0.2) is 22.6 Å². The van der Waals surface area contributed by atoms with E-state index in [4.69, 9.17) is 10.8 Å². The van der Waals surface area contributed by atoms with Crippen molar-refractivity contribution in [1.82, 2.24) is 45.2 Å². The summed E-state index contributed by atoms with van der Waals surface area (Å²) < 4.78 is 0. The Labute approximate surface area is 234 Å². The first-order valence-electron chi connectivity index (χ1n) is 12.3. The molecule has 0 unspecified atom stereocenters. The number of carboxylic acids is 2. The third-order valence-electron chi connectivity index (χ3n) is 5.94. The Morgan fingerprint density at radius 3 is 2.57 bits per heavy atom. The monoisotopic (exact) mass is 571 g/mol. The number of aliphatic carboxylic acids is 2. The van der Waals surface area contributed by atoms with Crippen molar-refractivity contribution in [3.63, 3.8) is 0 Å². The highest BCUT2D eigenvalue weighted by Gasteiger charge is 2.24. The van der Waals surface area contributed by atoms with E-state index in [2.05, 4.69) is 50.5 Å². The van der Waals surface area contributed by atoms with Gasteiger partial charge in [-0.25, -0.2) is 34.7 Å². The Balaban J connectivity index is 1.47. The van der Waals surface area contributed by atoms with Crippen LogP contribution in [0.5, 0.6) is 0 Å². The fourth-order valence-electron chi connectivity index (χ4n) is 3.95. The number of H-pyrrole nitrogens is 1. The number of aromatic amines is 1. The van der Waals surface area contributed by atoms with E-state index >= 15 is 0 Å². The van der Waals surface area contributed by atoms with Crippen molar-refractivity contribution in [3.8, 4) is 11.4 Å². The van der Waals surface area contributed by atoms with Crippen LogP contribution in [0.4, 0.5) is 11.6 Å². The van der Waals surface area contributed by atoms with Gasteiger partial charge in [-0.05, 0) is 24.6 Å². The van der Waals surface area contributed by atoms with Gasteiger partial charge in [0, 0.05) is 30.1 Å². The third kappa shape index (κ3) is 6.03. The normalized spacial score (nSPS) is 11.7. The quantitative estimate of drug-likeness (QED) is 0.132. The summed E-state index contributed by atoms with van der Waals surface area (Å²) >= 11 is 0. The Morgan fingerprint density at radius 2 is 1.79 bits per heavy atom. The van der Waals surface area contributed by atoms with Crippen LogP contribution in [-0.4, -0.2) is 74.0 Å². The molecule has 42 heavy (non-hydrogen) atoms. The van der Waals surface area contributed by atoms with Gasteiger partial charge in [0.05, 0.1) is 30.2 Å². The molecule has 0 radical (unpaired) electrons. The number of nitrogens with one attached hydrogen (secondary N) is 3. The molecule has 4 aromatic heterocycles. The number of anilines is 2. The second kappa shape index (κ2) is 11.5. The molecule has 0 aliphatic rings. The lowest BCUT2D eigenvalue weighted by Crippen LogP contribution is -2.41. The molecule has 1 atom stereocenters. The third-order valence-corrected chi connectivity index (χ3v) is 5.94. The van der Waals surface area contributed by atoms with Gasteiger partial charge in [-0.15, -0.1) is 0 Å². The first-order chi connectivity index (χ1) is 20.2. The van der Waals surface area contributed by atoms with Crippen LogP contribution in [0, 0.1) is 0 Å². The van der Waals surface area contributed by atoms with E-state index in [0.29, 0.717) is 16.9 Å². The molecule has 0 spiro atoms. The predicted molar refractivity (Wildman–Crippen MR) is 146 cm³/mol. The minimum atomic E-state index is -1.44. The zero-order valence-electron chi connectivity index (χ0n) is 21.5. The highest BCUT2D eigenvalue weighted by atomic mass is 16.4. The molecule has 5 aromatic rings. The van der Waals surface area contributed by atoms with E-state index in [1.54, 1.807) is 12.1 Å². The number of aromatic nitrogens is 8. The molecule has 17 heteroatoms. The fourth-order valence-corrected chi connectivity index (χ4v) is 3.95. The minimum absolute atomic E-state index is 0.0118. The number of amides is 1. The SMILES string of the molecule is Nc1nc2ncc(CNc3ccc(C(=O)N[C@@H](CCC(=O)O)C(=O)O)c(-c4ncc5nccnc5n4)c3)nc2c(=O)[nH]1. The van der Waals surface area contributed by atoms with Gasteiger partial charge in [-0.2, -0.15) is 4.98 Å². The molecule has 0 aliphatic carbocycles. The lowest BCUT2D eigenvalue weighted by molar-refractivity contribution is -0.140. The summed E-state index contributed by atoms with van der Waals surface area (Å²) in [6.07, 6.45) is 5.02. The van der Waals surface area contributed by atoms with Gasteiger partial charge in [-0.3, -0.25) is 19.4 Å². The van der Waals surface area contributed by atoms with E-state index in [1.165, 1.54) is 30.9 Å². The number of hydrogen-bond acceptors (Lipinski definition) is 13. The van der Waals surface area contributed by atoms with Crippen molar-refractivity contribution < 1.29 is 24.6 Å². The van der Waals surface area contributed by atoms with E-state index < -0.39 is 35.9 Å². The summed E-state index contributed by atoms with van der Waals surface area (Å²) in [5, 5.41) is 23.9. The number of fused-ring (bicyclic) bond motifs is 2. The minimum Gasteiger partial charge on any atom is -0.481 e. The first-order valence-corrected chi connectivity index (χ1v) is 12.3. The lowest BCUT2D eigenvalue weighted by Gasteiger charge is -2.16. The molecule has 7 N–H and O–H groups in total. The van der Waals surface area contributed by atoms with E-state index in [-0.39, 0.29) is 52.7 Å². The van der Waals surface area contributed by atoms with E-state index in [0.717, 1.165) is 0 Å². The van der Waals surface area contributed by atoms with Crippen LogP contribution in [0.2, 0.25) is 0 Å². The predicted octanol–water partition coefficient (Wildman–Crippen LogP) is 0.355. The van der Waals surface area contributed by atoms with Crippen LogP contribution >= 0.6 is 0 Å². The summed E-state index contributed by atoms with van der Waals surface area (Å²) in [7, 11) is 0. The van der Waals surface area contributed by atoms with Crippen molar-refractivity contribution in [1.29, 1.82) is 0 Å². The topological polar surface area (TPSA) is 265 Å². The maximum absolute atomic E-state index is 13.2. The number of hydrogen-bond donors (Lipinski definition) is 6. The molecule has 0 aliphatic heterocycles. The number of carboxylic acid groups (broad SMARTS) is 2. The zero-order valence-corrected chi connectivity index (χ0v) is 21.5. The molecule has 1 amide bonds. The highest BCUT2D eigenvalue weighted by Crippen LogP contribution is 2.26. The summed E-state index contributed by atoms with van der Waals surface area (Å²) in [5.74, 6) is -3.32. The second-order valence-corrected chi connectivity index (χ2v) is 8.85. The second-order valence-electron chi connectivity index (χ2n) is 8.85. The number of nitrogens with two attached hydrogens (primary N) is 1. The Bertz CT molecular complexity index is 1910. The summed E-state index contributed by atoms with van der Waals surface area (Å²) in [5.41, 5.74) is 6.97. The van der Waals surface area contributed by atoms with Crippen LogP contribution in [0.15, 0.2) is 47.8 Å². The van der Waals surface area contributed by atoms with E-state index in [9.17, 15) is 24.3 Å². The molecule has 0 bridgehead atoms. The van der Waals surface area contributed by atoms with Gasteiger partial charge in [0.2, 0.25) is 5.95 Å². The largest absolute Gasteiger partial charge is 0.481 e. The van der Waals surface area contributed by atoms with Crippen LogP contribution < -0.4 is 21.9 Å². The number of nitrogens with zero attached hydrogens (tertiary/aromatic N) is 7. The number of benzene rings is 1. The molecule has 17 nitrogen and oxygen atoms in total. The van der Waals surface area contributed by atoms with Gasteiger partial charge >= 0.3 is 11.9 Å². The van der Waals surface area contributed by atoms with Crippen molar-refractivity contribution in [3.05, 3.63) is 64.6 Å². The molecule has 212 valence electrons. The number of carbonyl (C=O) groups excluding carboxylic acids is 1. The molecule has 4 heterocycles. The number of rotatable bonds is 10. The van der Waals surface area contributed by atoms with Gasteiger partial charge in [-0.1, -0.05) is 0 Å². The van der Waals surface area contributed by atoms with Crippen molar-refractivity contribution >= 4 is 51.8 Å². The molecule has 0 saturated heterocycles. The molecule has 0 saturated carbocycles. The highest BCUT2D eigenvalue weighted by molar-refractivity contribution is 6.02. The Morgan fingerprint density at radius 1 is 0.976 bits per heavy atom. The molecular formula is C25H21N11O6. The average molecular weight is 572 g/mol. The summed E-state index contributed by atoms with van der Waals surface area (Å²) in [4.78, 5) is 79.8. The van der Waals surface area contributed by atoms with Crippen LogP contribution in [0.1, 0.15) is 28.9 Å². The van der Waals surface area contributed by atoms with Gasteiger partial charge in [0.1, 0.15) is 11.6 Å². The van der Waals surface area contributed by atoms with Crippen molar-refractivity contribution in [2.75, 3.05) is 11.1 Å². The van der Waals surface area contributed by atoms with Gasteiger partial charge in [0.25, 0.3) is 11.5 Å². The standard InChI is InChI=1S/C25H21N11O6/c26-25-35-21-18(23(40)36-25)32-12(9-30-21)8-29-11-1-2-13(22(39)33-15(24(41)42)3-4-17(37)38)14(7-11)19-31-10-16-20(34-19)28-6-5-27-16/h1-2,5-7,9-10,15,29H,3-4,8H2,(H,33,39)(H,37,38)(H,41,42)(H3,26,30,35,36,40)/t15-/m0/s1. The van der Waals surface area contributed by atoms with Crippen LogP contribution in [-0.2, 0) is 16.1 Å². The van der Waals surface area contributed by atoms with Gasteiger partial charge < -0.3 is 26.6 Å². The molecular weight excluding hydrogens is 550 g/mol. The van der Waals surface area contributed by atoms with Crippen LogP contribution in [0.3, 0.4) is 0 Å². The molecule has 5 rings (SSSR count). The first kappa shape index (κ1) is 27.4. The average Bonchev–Trinajstić information content (AvgIpc) is 2.97. The Hall–Kier alpha value is -6.13. The smallest absolute Gasteiger partial charge is 0.326 e. The van der Waals surface area contributed by atoms with Crippen LogP contribution in [0.25, 0.3) is 33.7 Å². The zero-order chi connectivity index (χ0) is 29.8. The summed E-state index contributed by atoms with van der Waals surface area (Å²) in [6.45, 7) is 0.123. The molecule has 1 aromatic carbocycles.